The molecule has 0 fully saturated rings. The van der Waals surface area contributed by atoms with Crippen molar-refractivity contribution in [3.05, 3.63) is 44.7 Å². The maximum Gasteiger partial charge on any atom is 0.134 e. The summed E-state index contributed by atoms with van der Waals surface area (Å²) < 4.78 is 6.80. The number of aliphatic hydroxyl groups is 1. The van der Waals surface area contributed by atoms with Crippen molar-refractivity contribution >= 4 is 22.6 Å². The molecule has 0 atom stereocenters. The largest absolute Gasteiger partial charge is 0.459 e. The van der Waals surface area contributed by atoms with Crippen LogP contribution in [0.2, 0.25) is 0 Å². The van der Waals surface area contributed by atoms with Crippen molar-refractivity contribution in [1.82, 2.24) is 0 Å². The number of aliphatic hydroxyl groups excluding tert-OH is 1. The smallest absolute Gasteiger partial charge is 0.134 e. The second-order valence-electron chi connectivity index (χ2n) is 3.85. The van der Waals surface area contributed by atoms with Crippen molar-refractivity contribution in [2.24, 2.45) is 0 Å². The summed E-state index contributed by atoms with van der Waals surface area (Å²) in [5.74, 6) is 1.41. The molecule has 84 valence electrons. The summed E-state index contributed by atoms with van der Waals surface area (Å²) in [6.07, 6.45) is 0. The van der Waals surface area contributed by atoms with Gasteiger partial charge in [0.1, 0.15) is 18.1 Å². The molecule has 0 aliphatic heterocycles. The highest BCUT2D eigenvalue weighted by molar-refractivity contribution is 14.1. The van der Waals surface area contributed by atoms with Gasteiger partial charge in [-0.1, -0.05) is 0 Å². The fourth-order valence-electron chi connectivity index (χ4n) is 1.71. The Morgan fingerprint density at radius 3 is 2.31 bits per heavy atom. The molecule has 0 saturated heterocycles. The highest BCUT2D eigenvalue weighted by atomic mass is 127. The molecule has 1 heterocycles. The first kappa shape index (κ1) is 11.7. The van der Waals surface area contributed by atoms with E-state index in [9.17, 15) is 0 Å². The zero-order valence-corrected chi connectivity index (χ0v) is 11.4. The van der Waals surface area contributed by atoms with Crippen LogP contribution in [0.4, 0.5) is 0 Å². The Labute approximate surface area is 108 Å². The fraction of sp³-hybridized carbons (Fsp3) is 0.231. The minimum atomic E-state index is -0.0532. The summed E-state index contributed by atoms with van der Waals surface area (Å²) in [6.45, 7) is 4.13. The summed E-state index contributed by atoms with van der Waals surface area (Å²) in [5, 5.41) is 8.96. The molecule has 16 heavy (non-hydrogen) atoms. The van der Waals surface area contributed by atoms with Gasteiger partial charge in [-0.25, -0.2) is 0 Å². The van der Waals surface area contributed by atoms with Crippen LogP contribution in [0.15, 0.2) is 28.7 Å². The summed E-state index contributed by atoms with van der Waals surface area (Å²) in [7, 11) is 0. The van der Waals surface area contributed by atoms with E-state index < -0.39 is 0 Å². The Kier molecular flexibility index (Phi) is 3.35. The molecular formula is C13H13IO2. The second kappa shape index (κ2) is 4.59. The first-order chi connectivity index (χ1) is 7.61. The van der Waals surface area contributed by atoms with E-state index in [0.29, 0.717) is 5.76 Å². The van der Waals surface area contributed by atoms with Crippen LogP contribution in [0.3, 0.4) is 0 Å². The normalized spacial score (nSPS) is 10.8. The van der Waals surface area contributed by atoms with E-state index in [1.54, 1.807) is 6.07 Å². The van der Waals surface area contributed by atoms with E-state index in [1.807, 2.05) is 6.07 Å². The number of rotatable bonds is 2. The van der Waals surface area contributed by atoms with Gasteiger partial charge < -0.3 is 9.52 Å². The summed E-state index contributed by atoms with van der Waals surface area (Å²) in [5.41, 5.74) is 3.56. The number of hydrogen-bond acceptors (Lipinski definition) is 2. The lowest BCUT2D eigenvalue weighted by Gasteiger charge is -2.05. The van der Waals surface area contributed by atoms with Crippen LogP contribution in [0.5, 0.6) is 0 Å². The Morgan fingerprint density at radius 2 is 1.81 bits per heavy atom. The zero-order chi connectivity index (χ0) is 11.7. The highest BCUT2D eigenvalue weighted by Crippen LogP contribution is 2.27. The molecule has 0 radical (unpaired) electrons. The molecule has 2 nitrogen and oxygen atoms in total. The van der Waals surface area contributed by atoms with Gasteiger partial charge in [0, 0.05) is 9.13 Å². The number of hydrogen-bond donors (Lipinski definition) is 1. The molecule has 2 aromatic rings. The lowest BCUT2D eigenvalue weighted by atomic mass is 10.1. The van der Waals surface area contributed by atoms with Crippen molar-refractivity contribution in [1.29, 1.82) is 0 Å². The predicted octanol–water partition coefficient (Wildman–Crippen LogP) is 3.66. The van der Waals surface area contributed by atoms with E-state index in [4.69, 9.17) is 9.52 Å². The van der Waals surface area contributed by atoms with Crippen LogP contribution in [0, 0.1) is 17.4 Å². The molecule has 0 saturated carbocycles. The maximum absolute atomic E-state index is 8.96. The molecule has 0 bridgehead atoms. The van der Waals surface area contributed by atoms with Gasteiger partial charge in [-0.15, -0.1) is 0 Å². The lowest BCUT2D eigenvalue weighted by molar-refractivity contribution is 0.248. The molecular weight excluding hydrogens is 315 g/mol. The van der Waals surface area contributed by atoms with Crippen LogP contribution in [0.25, 0.3) is 11.3 Å². The quantitative estimate of drug-likeness (QED) is 0.854. The third-order valence-electron chi connectivity index (χ3n) is 2.54. The highest BCUT2D eigenvalue weighted by Gasteiger charge is 2.07. The average Bonchev–Trinajstić information content (AvgIpc) is 2.73. The average molecular weight is 328 g/mol. The zero-order valence-electron chi connectivity index (χ0n) is 9.25. The molecule has 0 unspecified atom stereocenters. The Morgan fingerprint density at radius 1 is 1.19 bits per heavy atom. The van der Waals surface area contributed by atoms with E-state index >= 15 is 0 Å². The van der Waals surface area contributed by atoms with Gasteiger partial charge in [0.05, 0.1) is 0 Å². The van der Waals surface area contributed by atoms with Gasteiger partial charge in [0.25, 0.3) is 0 Å². The first-order valence-corrected chi connectivity index (χ1v) is 6.16. The molecule has 1 aromatic heterocycles. The van der Waals surface area contributed by atoms with Gasteiger partial charge in [0.15, 0.2) is 0 Å². The van der Waals surface area contributed by atoms with E-state index in [0.717, 1.165) is 11.3 Å². The molecule has 1 aromatic carbocycles. The predicted molar refractivity (Wildman–Crippen MR) is 72.3 cm³/mol. The number of furan rings is 1. The number of benzene rings is 1. The van der Waals surface area contributed by atoms with Crippen LogP contribution < -0.4 is 0 Å². The van der Waals surface area contributed by atoms with E-state index in [2.05, 4.69) is 48.6 Å². The molecule has 0 aliphatic carbocycles. The van der Waals surface area contributed by atoms with Gasteiger partial charge in [-0.05, 0) is 71.8 Å². The van der Waals surface area contributed by atoms with Crippen molar-refractivity contribution < 1.29 is 9.52 Å². The Balaban J connectivity index is 2.48. The number of halogens is 1. The lowest BCUT2D eigenvalue weighted by Crippen LogP contribution is -1.87. The van der Waals surface area contributed by atoms with Crippen molar-refractivity contribution in [3.63, 3.8) is 0 Å². The molecule has 0 spiro atoms. The minimum Gasteiger partial charge on any atom is -0.459 e. The molecule has 1 N–H and O–H groups in total. The summed E-state index contributed by atoms with van der Waals surface area (Å²) >= 11 is 2.35. The topological polar surface area (TPSA) is 33.4 Å². The van der Waals surface area contributed by atoms with Gasteiger partial charge in [-0.3, -0.25) is 0 Å². The fourth-order valence-corrected chi connectivity index (χ4v) is 2.02. The van der Waals surface area contributed by atoms with E-state index in [1.165, 1.54) is 14.7 Å². The van der Waals surface area contributed by atoms with Gasteiger partial charge >= 0.3 is 0 Å². The maximum atomic E-state index is 8.96. The first-order valence-electron chi connectivity index (χ1n) is 5.08. The van der Waals surface area contributed by atoms with Crippen LogP contribution in [-0.2, 0) is 6.61 Å². The standard InChI is InChI=1S/C13H13IO2/c1-8-5-10(6-9(2)13(8)14)12-4-3-11(7-15)16-12/h3-6,15H,7H2,1-2H3. The van der Waals surface area contributed by atoms with Crippen molar-refractivity contribution in [2.75, 3.05) is 0 Å². The van der Waals surface area contributed by atoms with Crippen molar-refractivity contribution in [3.8, 4) is 11.3 Å². The molecule has 3 heteroatoms. The monoisotopic (exact) mass is 328 g/mol. The van der Waals surface area contributed by atoms with Crippen LogP contribution in [0.1, 0.15) is 16.9 Å². The Hall–Kier alpha value is -0.810. The van der Waals surface area contributed by atoms with Gasteiger partial charge in [0.2, 0.25) is 0 Å². The third kappa shape index (κ3) is 2.15. The SMILES string of the molecule is Cc1cc(-c2ccc(CO)o2)cc(C)c1I. The van der Waals surface area contributed by atoms with Gasteiger partial charge in [-0.2, -0.15) is 0 Å². The third-order valence-corrected chi connectivity index (χ3v) is 4.24. The summed E-state index contributed by atoms with van der Waals surface area (Å²) in [6, 6.07) is 7.91. The minimum absolute atomic E-state index is 0.0532. The molecule has 2 rings (SSSR count). The second-order valence-corrected chi connectivity index (χ2v) is 4.93. The van der Waals surface area contributed by atoms with E-state index in [-0.39, 0.29) is 6.61 Å². The van der Waals surface area contributed by atoms with Crippen molar-refractivity contribution in [2.45, 2.75) is 20.5 Å². The summed E-state index contributed by atoms with van der Waals surface area (Å²) in [4.78, 5) is 0. The van der Waals surface area contributed by atoms with Crippen LogP contribution in [-0.4, -0.2) is 5.11 Å². The number of aryl methyl sites for hydroxylation is 2. The van der Waals surface area contributed by atoms with Crippen LogP contribution >= 0.6 is 22.6 Å². The molecule has 0 amide bonds. The Bertz CT molecular complexity index is 491. The molecule has 0 aliphatic rings.